The fourth-order valence-corrected chi connectivity index (χ4v) is 5.27. The molecule has 0 amide bonds. The summed E-state index contributed by atoms with van der Waals surface area (Å²) in [7, 11) is -2.47. The second-order valence-corrected chi connectivity index (χ2v) is 11.1. The van der Waals surface area contributed by atoms with Gasteiger partial charge in [-0.1, -0.05) is 53.3 Å². The van der Waals surface area contributed by atoms with E-state index in [2.05, 4.69) is 15.5 Å². The maximum absolute atomic E-state index is 13.3. The van der Waals surface area contributed by atoms with Crippen LogP contribution in [0.1, 0.15) is 17.7 Å². The number of thiazole rings is 1. The monoisotopic (exact) mass is 623 g/mol. The first-order valence-corrected chi connectivity index (χ1v) is 14.2. The zero-order valence-electron chi connectivity index (χ0n) is 20.9. The molecule has 0 fully saturated rings. The number of ether oxygens (including phenoxy) is 3. The van der Waals surface area contributed by atoms with Crippen LogP contribution in [0, 0.1) is 0 Å². The molecule has 2 aliphatic rings. The van der Waals surface area contributed by atoms with E-state index in [0.717, 1.165) is 11.3 Å². The van der Waals surface area contributed by atoms with Gasteiger partial charge in [-0.2, -0.15) is 8.42 Å². The molecule has 0 aliphatic carbocycles. The Labute approximate surface area is 241 Å². The summed E-state index contributed by atoms with van der Waals surface area (Å²) in [5.74, 6) is 2.19. The number of amidine groups is 1. The number of para-hydroxylation sites is 2. The molecule has 3 heterocycles. The zero-order chi connectivity index (χ0) is 29.1. The molecular formula is C25H20ClF2N5O6S2. The van der Waals surface area contributed by atoms with Crippen LogP contribution in [0.2, 0.25) is 4.34 Å². The van der Waals surface area contributed by atoms with Crippen molar-refractivity contribution in [1.29, 1.82) is 0 Å². The number of fused-ring (bicyclic) bond motifs is 1. The number of nitrogens with one attached hydrogen (secondary N) is 1. The van der Waals surface area contributed by atoms with E-state index in [9.17, 15) is 17.2 Å². The topological polar surface area (TPSA) is 126 Å². The van der Waals surface area contributed by atoms with Crippen LogP contribution >= 0.6 is 22.9 Å². The Morgan fingerprint density at radius 3 is 2.44 bits per heavy atom. The lowest BCUT2D eigenvalue weighted by molar-refractivity contribution is 0.147. The largest absolute Gasteiger partial charge is 0.494 e. The van der Waals surface area contributed by atoms with Crippen molar-refractivity contribution in [3.63, 3.8) is 0 Å². The molecule has 1 aromatic heterocycles. The molecule has 0 saturated carbocycles. The Bertz CT molecular complexity index is 1690. The molecule has 41 heavy (non-hydrogen) atoms. The van der Waals surface area contributed by atoms with E-state index in [1.54, 1.807) is 42.5 Å². The van der Waals surface area contributed by atoms with Gasteiger partial charge in [0.1, 0.15) is 21.5 Å². The number of alkyl halides is 2. The molecule has 6 rings (SSSR count). The Hall–Kier alpha value is -4.18. The second-order valence-electron chi connectivity index (χ2n) is 8.15. The van der Waals surface area contributed by atoms with Crippen molar-refractivity contribution in [3.8, 4) is 17.2 Å². The molecule has 11 nitrogen and oxygen atoms in total. The van der Waals surface area contributed by atoms with Crippen LogP contribution in [0.3, 0.4) is 0 Å². The number of aromatic nitrogens is 1. The van der Waals surface area contributed by atoms with Crippen molar-refractivity contribution in [2.24, 2.45) is 5.10 Å². The van der Waals surface area contributed by atoms with E-state index < -0.39 is 22.2 Å². The van der Waals surface area contributed by atoms with Gasteiger partial charge in [0.15, 0.2) is 17.3 Å². The van der Waals surface area contributed by atoms with E-state index in [1.807, 2.05) is 18.2 Å². The van der Waals surface area contributed by atoms with E-state index in [1.165, 1.54) is 29.5 Å². The van der Waals surface area contributed by atoms with Crippen LogP contribution < -0.4 is 29.9 Å². The molecule has 214 valence electrons. The number of hydrogen-bond donors (Lipinski definition) is 2. The fraction of sp³-hybridized carbons (Fsp3) is 0.120. The quantitative estimate of drug-likeness (QED) is 0.265. The number of halogens is 3. The molecule has 2 aliphatic heterocycles. The molecule has 0 atom stereocenters. The Morgan fingerprint density at radius 1 is 1.07 bits per heavy atom. The third kappa shape index (κ3) is 6.12. The summed E-state index contributed by atoms with van der Waals surface area (Å²) in [5, 5.41) is 7.72. The smallest absolute Gasteiger partial charge is 0.294 e. The minimum atomic E-state index is -4.00. The number of hydrogen-bond acceptors (Lipinski definition) is 11. The van der Waals surface area contributed by atoms with Gasteiger partial charge in [-0.25, -0.2) is 13.8 Å². The maximum Gasteiger partial charge on any atom is 0.294 e. The molecule has 2 N–H and O–H groups in total. The van der Waals surface area contributed by atoms with Crippen LogP contribution in [-0.2, 0) is 10.1 Å². The SMILES string of the molecule is COc1ccccc1N1N=C(c2ccc3c(c2)OCO3)NN1c1nc(C(F)F)c(Cl)s1.O=S(=O)(O)c1ccccc1. The molecule has 4 aromatic rings. The van der Waals surface area contributed by atoms with Crippen LogP contribution in [0.4, 0.5) is 19.6 Å². The van der Waals surface area contributed by atoms with Gasteiger partial charge in [0.2, 0.25) is 11.9 Å². The van der Waals surface area contributed by atoms with Gasteiger partial charge in [0.05, 0.1) is 12.0 Å². The number of nitrogens with zero attached hydrogens (tertiary/aromatic N) is 4. The Balaban J connectivity index is 0.000000287. The molecule has 3 aromatic carbocycles. The van der Waals surface area contributed by atoms with Gasteiger partial charge in [0, 0.05) is 5.56 Å². The summed E-state index contributed by atoms with van der Waals surface area (Å²) < 4.78 is 71.9. The van der Waals surface area contributed by atoms with Crippen LogP contribution in [0.5, 0.6) is 17.2 Å². The lowest BCUT2D eigenvalue weighted by atomic mass is 10.2. The van der Waals surface area contributed by atoms with Crippen molar-refractivity contribution in [1.82, 2.24) is 10.4 Å². The standard InChI is InChI=1S/C19H14ClF2N5O3S.C6H6O3S/c1-28-12-5-3-2-4-11(12)26-24-18(10-6-7-13-14(8-10)30-9-29-13)25-27(26)19-23-15(17(21)22)16(20)31-19;7-10(8,9)6-4-2-1-3-5-6/h2-8,17H,9H2,1H3,(H,24,25);1-5H,(H,7,8,9). The predicted octanol–water partition coefficient (Wildman–Crippen LogP) is 5.51. The number of anilines is 2. The predicted molar refractivity (Wildman–Crippen MR) is 149 cm³/mol. The third-order valence-electron chi connectivity index (χ3n) is 5.57. The van der Waals surface area contributed by atoms with Gasteiger partial charge in [0.25, 0.3) is 16.5 Å². The summed E-state index contributed by atoms with van der Waals surface area (Å²) in [6.07, 6.45) is -2.80. The second kappa shape index (κ2) is 11.7. The first-order chi connectivity index (χ1) is 19.7. The minimum Gasteiger partial charge on any atom is -0.494 e. The van der Waals surface area contributed by atoms with E-state index in [0.29, 0.717) is 34.3 Å². The van der Waals surface area contributed by atoms with Gasteiger partial charge in [-0.15, -0.1) is 15.3 Å². The molecule has 0 unspecified atom stereocenters. The summed E-state index contributed by atoms with van der Waals surface area (Å²) in [4.78, 5) is 3.93. The number of benzene rings is 3. The van der Waals surface area contributed by atoms with Crippen molar-refractivity contribution in [3.05, 3.63) is 88.4 Å². The highest BCUT2D eigenvalue weighted by Gasteiger charge is 2.33. The van der Waals surface area contributed by atoms with Gasteiger partial charge in [-0.05, 0) is 42.5 Å². The molecular weight excluding hydrogens is 604 g/mol. The number of rotatable bonds is 6. The lowest BCUT2D eigenvalue weighted by Crippen LogP contribution is -2.44. The van der Waals surface area contributed by atoms with Crippen LogP contribution in [-0.4, -0.2) is 37.7 Å². The molecule has 16 heteroatoms. The summed E-state index contributed by atoms with van der Waals surface area (Å²) in [6, 6.07) is 19.9. The highest BCUT2D eigenvalue weighted by atomic mass is 35.5. The number of hydrazone groups is 1. The van der Waals surface area contributed by atoms with Gasteiger partial charge >= 0.3 is 0 Å². The molecule has 0 saturated heterocycles. The Kier molecular flexibility index (Phi) is 8.12. The van der Waals surface area contributed by atoms with Gasteiger partial charge in [-0.3, -0.25) is 9.98 Å². The highest BCUT2D eigenvalue weighted by molar-refractivity contribution is 7.85. The average Bonchev–Trinajstić information content (AvgIpc) is 3.71. The van der Waals surface area contributed by atoms with E-state index in [-0.39, 0.29) is 21.2 Å². The maximum atomic E-state index is 13.3. The van der Waals surface area contributed by atoms with Crippen molar-refractivity contribution in [2.45, 2.75) is 11.3 Å². The summed E-state index contributed by atoms with van der Waals surface area (Å²) >= 11 is 6.90. The number of methoxy groups -OCH3 is 1. The summed E-state index contributed by atoms with van der Waals surface area (Å²) in [5.41, 5.74) is 3.87. The van der Waals surface area contributed by atoms with Crippen LogP contribution in [0.25, 0.3) is 0 Å². The van der Waals surface area contributed by atoms with Crippen molar-refractivity contribution in [2.75, 3.05) is 24.1 Å². The number of hydrazine groups is 2. The van der Waals surface area contributed by atoms with Crippen molar-refractivity contribution < 1.29 is 36.0 Å². The lowest BCUT2D eigenvalue weighted by Gasteiger charge is -2.26. The third-order valence-corrected chi connectivity index (χ3v) is 7.70. The first kappa shape index (κ1) is 28.4. The molecule has 0 radical (unpaired) electrons. The van der Waals surface area contributed by atoms with Crippen LogP contribution in [0.15, 0.2) is 82.8 Å². The molecule has 0 spiro atoms. The zero-order valence-corrected chi connectivity index (χ0v) is 23.3. The van der Waals surface area contributed by atoms with Crippen molar-refractivity contribution >= 4 is 49.7 Å². The van der Waals surface area contributed by atoms with E-state index in [4.69, 9.17) is 30.4 Å². The van der Waals surface area contributed by atoms with Gasteiger partial charge < -0.3 is 14.2 Å². The highest BCUT2D eigenvalue weighted by Crippen LogP contribution is 2.40. The fourth-order valence-electron chi connectivity index (χ4n) is 3.68. The minimum absolute atomic E-state index is 0.0741. The average molecular weight is 624 g/mol. The Morgan fingerprint density at radius 2 is 1.78 bits per heavy atom. The normalized spacial score (nSPS) is 14.0. The van der Waals surface area contributed by atoms with E-state index >= 15 is 0 Å². The molecule has 0 bridgehead atoms. The first-order valence-electron chi connectivity index (χ1n) is 11.6. The summed E-state index contributed by atoms with van der Waals surface area (Å²) in [6.45, 7) is 0.145.